The molecule has 0 bridgehead atoms. The molecule has 0 amide bonds. The molecule has 0 atom stereocenters. The average Bonchev–Trinajstić information content (AvgIpc) is 3.32. The van der Waals surface area contributed by atoms with Gasteiger partial charge in [0.2, 0.25) is 5.89 Å². The Balaban J connectivity index is 1.36. The van der Waals surface area contributed by atoms with Gasteiger partial charge in [-0.15, -0.1) is 10.2 Å². The lowest BCUT2D eigenvalue weighted by Crippen LogP contribution is -1.98. The SMILES string of the molecule is COc1ccc(-c2nnc(COc3ccccc3-c3ccc4cccnc4n3)o2)cc1. The summed E-state index contributed by atoms with van der Waals surface area (Å²) in [6.45, 7) is 0.145. The fourth-order valence-electron chi connectivity index (χ4n) is 3.21. The van der Waals surface area contributed by atoms with Crippen molar-refractivity contribution in [3.63, 3.8) is 0 Å². The number of benzene rings is 2. The molecular formula is C24H18N4O3. The minimum Gasteiger partial charge on any atom is -0.497 e. The van der Waals surface area contributed by atoms with Gasteiger partial charge in [0.1, 0.15) is 11.5 Å². The molecule has 0 unspecified atom stereocenters. The number of hydrogen-bond acceptors (Lipinski definition) is 7. The number of fused-ring (bicyclic) bond motifs is 1. The predicted octanol–water partition coefficient (Wildman–Crippen LogP) is 4.93. The summed E-state index contributed by atoms with van der Waals surface area (Å²) in [5, 5.41) is 9.19. The minimum absolute atomic E-state index is 0.145. The van der Waals surface area contributed by atoms with E-state index in [1.165, 1.54) is 0 Å². The normalized spacial score (nSPS) is 10.9. The van der Waals surface area contributed by atoms with Crippen molar-refractivity contribution >= 4 is 11.0 Å². The third-order valence-corrected chi connectivity index (χ3v) is 4.78. The van der Waals surface area contributed by atoms with E-state index in [2.05, 4.69) is 20.2 Å². The second-order valence-corrected chi connectivity index (χ2v) is 6.76. The van der Waals surface area contributed by atoms with Crippen molar-refractivity contribution < 1.29 is 13.9 Å². The Morgan fingerprint density at radius 2 is 1.74 bits per heavy atom. The summed E-state index contributed by atoms with van der Waals surface area (Å²) in [6.07, 6.45) is 1.73. The first kappa shape index (κ1) is 18.7. The molecule has 0 fully saturated rings. The molecule has 0 saturated carbocycles. The maximum atomic E-state index is 6.00. The number of rotatable bonds is 6. The van der Waals surface area contributed by atoms with Crippen LogP contribution in [0.15, 0.2) is 83.4 Å². The predicted molar refractivity (Wildman–Crippen MR) is 116 cm³/mol. The molecule has 7 nitrogen and oxygen atoms in total. The summed E-state index contributed by atoms with van der Waals surface area (Å²) in [4.78, 5) is 9.01. The van der Waals surface area contributed by atoms with E-state index < -0.39 is 0 Å². The van der Waals surface area contributed by atoms with E-state index in [-0.39, 0.29) is 6.61 Å². The van der Waals surface area contributed by atoms with E-state index in [4.69, 9.17) is 13.9 Å². The Labute approximate surface area is 178 Å². The van der Waals surface area contributed by atoms with Crippen LogP contribution in [0.4, 0.5) is 0 Å². The van der Waals surface area contributed by atoms with Crippen molar-refractivity contribution in [3.05, 3.63) is 84.9 Å². The van der Waals surface area contributed by atoms with Crippen molar-refractivity contribution in [2.75, 3.05) is 7.11 Å². The number of hydrogen-bond donors (Lipinski definition) is 0. The molecule has 5 aromatic rings. The first-order chi connectivity index (χ1) is 15.3. The molecule has 0 spiro atoms. The molecule has 152 valence electrons. The van der Waals surface area contributed by atoms with Crippen LogP contribution in [0.3, 0.4) is 0 Å². The van der Waals surface area contributed by atoms with Gasteiger partial charge in [-0.3, -0.25) is 0 Å². The van der Waals surface area contributed by atoms with Crippen LogP contribution in [-0.4, -0.2) is 27.3 Å². The molecule has 0 N–H and O–H groups in total. The fraction of sp³-hybridized carbons (Fsp3) is 0.0833. The molecule has 3 heterocycles. The highest BCUT2D eigenvalue weighted by atomic mass is 16.5. The van der Waals surface area contributed by atoms with E-state index >= 15 is 0 Å². The highest BCUT2D eigenvalue weighted by Crippen LogP contribution is 2.30. The molecule has 31 heavy (non-hydrogen) atoms. The van der Waals surface area contributed by atoms with Crippen LogP contribution in [0.2, 0.25) is 0 Å². The van der Waals surface area contributed by atoms with E-state index in [1.54, 1.807) is 13.3 Å². The Kier molecular flexibility index (Phi) is 4.98. The summed E-state index contributed by atoms with van der Waals surface area (Å²) in [5.41, 5.74) is 3.15. The number of aromatic nitrogens is 4. The molecule has 3 aromatic heterocycles. The second-order valence-electron chi connectivity index (χ2n) is 6.76. The number of methoxy groups -OCH3 is 1. The summed E-state index contributed by atoms with van der Waals surface area (Å²) >= 11 is 0. The molecule has 0 aliphatic carbocycles. The van der Waals surface area contributed by atoms with Gasteiger partial charge >= 0.3 is 0 Å². The smallest absolute Gasteiger partial charge is 0.254 e. The van der Waals surface area contributed by atoms with Gasteiger partial charge in [0.05, 0.1) is 12.8 Å². The van der Waals surface area contributed by atoms with Crippen molar-refractivity contribution in [2.45, 2.75) is 6.61 Å². The zero-order valence-electron chi connectivity index (χ0n) is 16.7. The third-order valence-electron chi connectivity index (χ3n) is 4.78. The number of para-hydroxylation sites is 1. The first-order valence-corrected chi connectivity index (χ1v) is 9.71. The fourth-order valence-corrected chi connectivity index (χ4v) is 3.21. The van der Waals surface area contributed by atoms with Crippen LogP contribution in [0.1, 0.15) is 5.89 Å². The van der Waals surface area contributed by atoms with E-state index in [0.717, 1.165) is 28.0 Å². The van der Waals surface area contributed by atoms with Gasteiger partial charge in [0, 0.05) is 22.7 Å². The van der Waals surface area contributed by atoms with Gasteiger partial charge in [0.25, 0.3) is 5.89 Å². The van der Waals surface area contributed by atoms with Crippen molar-refractivity contribution in [3.8, 4) is 34.2 Å². The Morgan fingerprint density at radius 1 is 0.871 bits per heavy atom. The zero-order valence-corrected chi connectivity index (χ0v) is 16.7. The largest absolute Gasteiger partial charge is 0.497 e. The second kappa shape index (κ2) is 8.23. The van der Waals surface area contributed by atoms with Gasteiger partial charge in [-0.2, -0.15) is 0 Å². The molecule has 0 radical (unpaired) electrons. The lowest BCUT2D eigenvalue weighted by atomic mass is 10.1. The highest BCUT2D eigenvalue weighted by molar-refractivity contribution is 5.79. The first-order valence-electron chi connectivity index (χ1n) is 9.71. The molecule has 0 aliphatic heterocycles. The van der Waals surface area contributed by atoms with Gasteiger partial charge in [0.15, 0.2) is 12.3 Å². The van der Waals surface area contributed by atoms with Crippen LogP contribution < -0.4 is 9.47 Å². The topological polar surface area (TPSA) is 83.2 Å². The Bertz CT molecular complexity index is 1330. The monoisotopic (exact) mass is 410 g/mol. The number of nitrogens with zero attached hydrogens (tertiary/aromatic N) is 4. The zero-order chi connectivity index (χ0) is 21.0. The molecule has 7 heteroatoms. The number of pyridine rings is 2. The Hall–Kier alpha value is -4.26. The molecule has 5 rings (SSSR count). The van der Waals surface area contributed by atoms with Crippen LogP contribution in [0.25, 0.3) is 33.7 Å². The van der Waals surface area contributed by atoms with Crippen LogP contribution in [0, 0.1) is 0 Å². The van der Waals surface area contributed by atoms with Crippen LogP contribution in [-0.2, 0) is 6.61 Å². The van der Waals surface area contributed by atoms with Crippen molar-refractivity contribution in [1.82, 2.24) is 20.2 Å². The maximum Gasteiger partial charge on any atom is 0.254 e. The summed E-state index contributed by atoms with van der Waals surface area (Å²) < 4.78 is 16.9. The van der Waals surface area contributed by atoms with Crippen LogP contribution in [0.5, 0.6) is 11.5 Å². The van der Waals surface area contributed by atoms with E-state index in [0.29, 0.717) is 23.2 Å². The quantitative estimate of drug-likeness (QED) is 0.392. The van der Waals surface area contributed by atoms with Gasteiger partial charge < -0.3 is 13.9 Å². The summed E-state index contributed by atoms with van der Waals surface area (Å²) in [7, 11) is 1.62. The number of ether oxygens (including phenoxy) is 2. The lowest BCUT2D eigenvalue weighted by Gasteiger charge is -2.10. The van der Waals surface area contributed by atoms with Crippen LogP contribution >= 0.6 is 0 Å². The van der Waals surface area contributed by atoms with Gasteiger partial charge in [-0.05, 0) is 60.7 Å². The third kappa shape index (κ3) is 3.93. The minimum atomic E-state index is 0.145. The standard InChI is InChI=1S/C24H18N4O3/c1-29-18-11-8-17(9-12-18)24-28-27-22(31-24)15-30-21-7-3-2-6-19(21)20-13-10-16-5-4-14-25-23(16)26-20/h2-14H,15H2,1H3. The van der Waals surface area contributed by atoms with E-state index in [1.807, 2.05) is 72.8 Å². The van der Waals surface area contributed by atoms with Gasteiger partial charge in [-0.25, -0.2) is 9.97 Å². The summed E-state index contributed by atoms with van der Waals surface area (Å²) in [5.74, 6) is 2.25. The highest BCUT2D eigenvalue weighted by Gasteiger charge is 2.12. The Morgan fingerprint density at radius 3 is 2.61 bits per heavy atom. The van der Waals surface area contributed by atoms with Gasteiger partial charge in [-0.1, -0.05) is 12.1 Å². The molecule has 2 aromatic carbocycles. The molecule has 0 saturated heterocycles. The van der Waals surface area contributed by atoms with E-state index in [9.17, 15) is 0 Å². The maximum absolute atomic E-state index is 6.00. The molecule has 0 aliphatic rings. The lowest BCUT2D eigenvalue weighted by molar-refractivity contribution is 0.265. The molecular weight excluding hydrogens is 392 g/mol. The summed E-state index contributed by atoms with van der Waals surface area (Å²) in [6, 6.07) is 23.0. The van der Waals surface area contributed by atoms with Crippen molar-refractivity contribution in [2.24, 2.45) is 0 Å². The van der Waals surface area contributed by atoms with Crippen molar-refractivity contribution in [1.29, 1.82) is 0 Å². The average molecular weight is 410 g/mol.